The van der Waals surface area contributed by atoms with E-state index in [-0.39, 0.29) is 10.7 Å². The lowest BCUT2D eigenvalue weighted by atomic mass is 9.79. The molecule has 150 valence electrons. The molecule has 0 atom stereocenters. The van der Waals surface area contributed by atoms with Gasteiger partial charge in [0, 0.05) is 37.8 Å². The summed E-state index contributed by atoms with van der Waals surface area (Å²) >= 11 is 0. The first-order valence-corrected chi connectivity index (χ1v) is 9.98. The summed E-state index contributed by atoms with van der Waals surface area (Å²) in [4.78, 5) is 15.3. The summed E-state index contributed by atoms with van der Waals surface area (Å²) in [6.45, 7) is 3.33. The fourth-order valence-corrected chi connectivity index (χ4v) is 5.39. The summed E-state index contributed by atoms with van der Waals surface area (Å²) < 4.78 is 58.0. The van der Waals surface area contributed by atoms with Gasteiger partial charge in [-0.1, -0.05) is 0 Å². The van der Waals surface area contributed by atoms with E-state index in [1.54, 1.807) is 10.5 Å². The second kappa shape index (κ2) is 6.93. The molecule has 0 aromatic carbocycles. The van der Waals surface area contributed by atoms with Crippen molar-refractivity contribution in [3.05, 3.63) is 24.5 Å². The highest BCUT2D eigenvalue weighted by molar-refractivity contribution is 7.90. The van der Waals surface area contributed by atoms with E-state index < -0.39 is 22.2 Å². The SMILES string of the molecule is O=C(O)C(F)(F)F.O=S(=O)(C1CC1)N1CCC2(CN(c3cccnc3)C2)C1. The highest BCUT2D eigenvalue weighted by Crippen LogP contribution is 2.44. The molecule has 4 rings (SSSR count). The number of sulfonamides is 1. The smallest absolute Gasteiger partial charge is 0.475 e. The maximum absolute atomic E-state index is 12.3. The fraction of sp³-hybridized carbons (Fsp3) is 0.625. The van der Waals surface area contributed by atoms with E-state index in [0.29, 0.717) is 13.1 Å². The lowest BCUT2D eigenvalue weighted by Gasteiger charge is -2.49. The van der Waals surface area contributed by atoms with E-state index in [0.717, 1.165) is 38.0 Å². The lowest BCUT2D eigenvalue weighted by molar-refractivity contribution is -0.192. The summed E-state index contributed by atoms with van der Waals surface area (Å²) in [6, 6.07) is 4.01. The van der Waals surface area contributed by atoms with Gasteiger partial charge in [0.25, 0.3) is 0 Å². The molecular weight excluding hydrogens is 387 g/mol. The van der Waals surface area contributed by atoms with Gasteiger partial charge in [-0.3, -0.25) is 4.98 Å². The second-order valence-corrected chi connectivity index (χ2v) is 9.41. The van der Waals surface area contributed by atoms with Crippen LogP contribution in [0.25, 0.3) is 0 Å². The van der Waals surface area contributed by atoms with Crippen molar-refractivity contribution in [3.8, 4) is 0 Å². The molecule has 0 bridgehead atoms. The summed E-state index contributed by atoms with van der Waals surface area (Å²) in [6.07, 6.45) is 1.27. The number of carboxylic acid groups (broad SMARTS) is 1. The first-order valence-electron chi connectivity index (χ1n) is 8.48. The molecular formula is C16H20F3N3O4S. The van der Waals surface area contributed by atoms with Crippen molar-refractivity contribution in [2.24, 2.45) is 5.41 Å². The van der Waals surface area contributed by atoms with Gasteiger partial charge in [-0.15, -0.1) is 0 Å². The Morgan fingerprint density at radius 1 is 1.26 bits per heavy atom. The van der Waals surface area contributed by atoms with Crippen LogP contribution in [0.1, 0.15) is 19.3 Å². The number of hydrogen-bond acceptors (Lipinski definition) is 5. The molecule has 2 aliphatic heterocycles. The zero-order valence-corrected chi connectivity index (χ0v) is 15.2. The number of nitrogens with zero attached hydrogens (tertiary/aromatic N) is 3. The molecule has 7 nitrogen and oxygen atoms in total. The zero-order valence-electron chi connectivity index (χ0n) is 14.4. The number of pyridine rings is 1. The molecule has 27 heavy (non-hydrogen) atoms. The van der Waals surface area contributed by atoms with Crippen molar-refractivity contribution in [1.29, 1.82) is 0 Å². The van der Waals surface area contributed by atoms with Gasteiger partial charge in [0.1, 0.15) is 0 Å². The molecule has 1 aromatic rings. The van der Waals surface area contributed by atoms with Crippen molar-refractivity contribution >= 4 is 21.7 Å². The molecule has 0 unspecified atom stereocenters. The van der Waals surface area contributed by atoms with Crippen LogP contribution in [0.5, 0.6) is 0 Å². The van der Waals surface area contributed by atoms with Gasteiger partial charge in [-0.25, -0.2) is 17.5 Å². The number of rotatable bonds is 3. The molecule has 0 amide bonds. The van der Waals surface area contributed by atoms with Crippen LogP contribution in [0.2, 0.25) is 0 Å². The van der Waals surface area contributed by atoms with Crippen LogP contribution in [0.4, 0.5) is 18.9 Å². The monoisotopic (exact) mass is 407 g/mol. The minimum atomic E-state index is -5.08. The van der Waals surface area contributed by atoms with Gasteiger partial charge in [0.2, 0.25) is 10.0 Å². The van der Waals surface area contributed by atoms with Crippen LogP contribution in [-0.4, -0.2) is 66.4 Å². The molecule has 3 heterocycles. The Labute approximate surface area is 154 Å². The minimum absolute atomic E-state index is 0.0767. The molecule has 1 spiro atoms. The van der Waals surface area contributed by atoms with Crippen LogP contribution in [0.15, 0.2) is 24.5 Å². The summed E-state index contributed by atoms with van der Waals surface area (Å²) in [7, 11) is -2.99. The Morgan fingerprint density at radius 2 is 1.89 bits per heavy atom. The van der Waals surface area contributed by atoms with E-state index in [9.17, 15) is 21.6 Å². The van der Waals surface area contributed by atoms with Crippen molar-refractivity contribution < 1.29 is 31.5 Å². The molecule has 1 N–H and O–H groups in total. The van der Waals surface area contributed by atoms with E-state index in [1.807, 2.05) is 12.3 Å². The molecule has 1 aromatic heterocycles. The third kappa shape index (κ3) is 4.34. The van der Waals surface area contributed by atoms with Gasteiger partial charge in [0.05, 0.1) is 17.1 Å². The predicted octanol–water partition coefficient (Wildman–Crippen LogP) is 1.72. The van der Waals surface area contributed by atoms with Crippen LogP contribution < -0.4 is 4.90 Å². The zero-order chi connectivity index (χ0) is 19.9. The molecule has 2 saturated heterocycles. The molecule has 3 fully saturated rings. The molecule has 0 radical (unpaired) electrons. The minimum Gasteiger partial charge on any atom is -0.475 e. The van der Waals surface area contributed by atoms with Crippen LogP contribution in [0.3, 0.4) is 0 Å². The fourth-order valence-electron chi connectivity index (χ4n) is 3.43. The number of carbonyl (C=O) groups is 1. The molecule has 1 aliphatic carbocycles. The number of hydrogen-bond donors (Lipinski definition) is 1. The van der Waals surface area contributed by atoms with E-state index in [2.05, 4.69) is 16.0 Å². The molecule has 1 saturated carbocycles. The normalized spacial score (nSPS) is 22.1. The highest BCUT2D eigenvalue weighted by Gasteiger charge is 2.52. The third-order valence-corrected chi connectivity index (χ3v) is 7.36. The summed E-state index contributed by atoms with van der Waals surface area (Å²) in [5, 5.41) is 7.05. The van der Waals surface area contributed by atoms with Crippen molar-refractivity contribution in [2.45, 2.75) is 30.7 Å². The number of aliphatic carboxylic acids is 1. The Kier molecular flexibility index (Phi) is 5.10. The Balaban J connectivity index is 0.000000260. The predicted molar refractivity (Wildman–Crippen MR) is 90.7 cm³/mol. The van der Waals surface area contributed by atoms with Crippen molar-refractivity contribution in [3.63, 3.8) is 0 Å². The van der Waals surface area contributed by atoms with Gasteiger partial charge >= 0.3 is 12.1 Å². The maximum Gasteiger partial charge on any atom is 0.490 e. The summed E-state index contributed by atoms with van der Waals surface area (Å²) in [5.41, 5.74) is 1.32. The third-order valence-electron chi connectivity index (χ3n) is 5.01. The standard InChI is InChI=1S/C14H19N3O2S.C2HF3O2/c18-20(19,13-3-4-13)17-7-5-14(11-17)9-16(10-14)12-2-1-6-15-8-12;3-2(4,5)1(6)7/h1-2,6,8,13H,3-5,7,9-11H2;(H,6,7). The quantitative estimate of drug-likeness (QED) is 0.821. The number of alkyl halides is 3. The molecule has 11 heteroatoms. The number of anilines is 1. The van der Waals surface area contributed by atoms with Crippen LogP contribution in [0, 0.1) is 5.41 Å². The first-order chi connectivity index (χ1) is 12.5. The highest BCUT2D eigenvalue weighted by atomic mass is 32.2. The topological polar surface area (TPSA) is 90.8 Å². The first kappa shape index (κ1) is 19.9. The summed E-state index contributed by atoms with van der Waals surface area (Å²) in [5.74, 6) is -2.76. The maximum atomic E-state index is 12.3. The van der Waals surface area contributed by atoms with Gasteiger partial charge < -0.3 is 10.0 Å². The van der Waals surface area contributed by atoms with Gasteiger partial charge in [-0.2, -0.15) is 13.2 Å². The van der Waals surface area contributed by atoms with Crippen molar-refractivity contribution in [1.82, 2.24) is 9.29 Å². The van der Waals surface area contributed by atoms with E-state index in [1.165, 1.54) is 0 Å². The van der Waals surface area contributed by atoms with Gasteiger partial charge in [-0.05, 0) is 31.4 Å². The van der Waals surface area contributed by atoms with Crippen LogP contribution in [-0.2, 0) is 14.8 Å². The van der Waals surface area contributed by atoms with E-state index in [4.69, 9.17) is 9.90 Å². The lowest BCUT2D eigenvalue weighted by Crippen LogP contribution is -2.58. The Morgan fingerprint density at radius 3 is 2.37 bits per heavy atom. The molecule has 3 aliphatic rings. The van der Waals surface area contributed by atoms with Crippen molar-refractivity contribution in [2.75, 3.05) is 31.1 Å². The number of aromatic nitrogens is 1. The average molecular weight is 407 g/mol. The van der Waals surface area contributed by atoms with E-state index >= 15 is 0 Å². The Bertz CT molecular complexity index is 791. The van der Waals surface area contributed by atoms with Crippen LogP contribution >= 0.6 is 0 Å². The second-order valence-electron chi connectivity index (χ2n) is 7.20. The average Bonchev–Trinajstić information content (AvgIpc) is 3.33. The number of halogens is 3. The Hall–Kier alpha value is -1.88. The largest absolute Gasteiger partial charge is 0.490 e. The number of carboxylic acids is 1. The van der Waals surface area contributed by atoms with Gasteiger partial charge in [0.15, 0.2) is 0 Å².